The molecule has 0 saturated carbocycles. The molecule has 1 aliphatic rings. The first-order chi connectivity index (χ1) is 7.36. The summed E-state index contributed by atoms with van der Waals surface area (Å²) in [7, 11) is 0. The molecule has 2 heteroatoms. The first-order valence-electron chi connectivity index (χ1n) is 6.47. The Hall–Kier alpha value is -0.370. The Kier molecular flexibility index (Phi) is 6.66. The van der Waals surface area contributed by atoms with Gasteiger partial charge in [0.05, 0.1) is 6.10 Å². The van der Waals surface area contributed by atoms with Crippen molar-refractivity contribution in [2.75, 3.05) is 0 Å². The van der Waals surface area contributed by atoms with Crippen LogP contribution in [0.3, 0.4) is 0 Å². The van der Waals surface area contributed by atoms with Gasteiger partial charge in [-0.1, -0.05) is 45.4 Å². The zero-order chi connectivity index (χ0) is 10.9. The van der Waals surface area contributed by atoms with Crippen LogP contribution in [-0.4, -0.2) is 18.5 Å². The van der Waals surface area contributed by atoms with Crippen LogP contribution in [0.15, 0.2) is 0 Å². The van der Waals surface area contributed by atoms with Gasteiger partial charge in [-0.05, 0) is 19.3 Å². The second-order valence-electron chi connectivity index (χ2n) is 4.57. The molecule has 0 aliphatic carbocycles. The minimum absolute atomic E-state index is 0.128. The summed E-state index contributed by atoms with van der Waals surface area (Å²) in [5.74, 6) is 0. The molecule has 1 aliphatic heterocycles. The molecule has 88 valence electrons. The fourth-order valence-corrected chi connectivity index (χ4v) is 2.21. The number of hydrogen-bond donors (Lipinski definition) is 0. The quantitative estimate of drug-likeness (QED) is 0.515. The Balaban J connectivity index is 2.28. The van der Waals surface area contributed by atoms with Crippen LogP contribution in [0.5, 0.6) is 0 Å². The molecule has 0 aromatic rings. The summed E-state index contributed by atoms with van der Waals surface area (Å²) in [6.07, 6.45) is 11.9. The predicted octanol–water partition coefficient (Wildman–Crippen LogP) is 3.48. The lowest BCUT2D eigenvalue weighted by Gasteiger charge is -2.24. The highest BCUT2D eigenvalue weighted by Gasteiger charge is 2.18. The van der Waals surface area contributed by atoms with E-state index in [2.05, 4.69) is 6.92 Å². The molecular formula is C13H24O2. The first-order valence-corrected chi connectivity index (χ1v) is 6.47. The van der Waals surface area contributed by atoms with Gasteiger partial charge in [0.15, 0.2) is 0 Å². The van der Waals surface area contributed by atoms with Crippen molar-refractivity contribution in [1.82, 2.24) is 0 Å². The number of carbonyl (C=O) groups is 1. The maximum Gasteiger partial charge on any atom is 0.148 e. The molecule has 0 aromatic carbocycles. The third-order valence-corrected chi connectivity index (χ3v) is 3.16. The molecule has 15 heavy (non-hydrogen) atoms. The number of rotatable bonds is 5. The summed E-state index contributed by atoms with van der Waals surface area (Å²) in [6, 6.07) is 0. The lowest BCUT2D eigenvalue weighted by Crippen LogP contribution is -2.25. The van der Waals surface area contributed by atoms with Gasteiger partial charge in [0.2, 0.25) is 0 Å². The molecule has 1 heterocycles. The second-order valence-corrected chi connectivity index (χ2v) is 4.57. The first kappa shape index (κ1) is 12.7. The van der Waals surface area contributed by atoms with E-state index in [4.69, 9.17) is 4.74 Å². The van der Waals surface area contributed by atoms with E-state index < -0.39 is 0 Å². The number of hydrogen-bond acceptors (Lipinski definition) is 2. The van der Waals surface area contributed by atoms with Crippen LogP contribution in [0.4, 0.5) is 0 Å². The van der Waals surface area contributed by atoms with Gasteiger partial charge in [-0.25, -0.2) is 0 Å². The van der Waals surface area contributed by atoms with Crippen molar-refractivity contribution < 1.29 is 9.53 Å². The van der Waals surface area contributed by atoms with E-state index in [-0.39, 0.29) is 6.10 Å². The summed E-state index contributed by atoms with van der Waals surface area (Å²) in [6.45, 7) is 2.22. The zero-order valence-electron chi connectivity index (χ0n) is 9.91. The molecule has 1 fully saturated rings. The molecule has 1 saturated heterocycles. The smallest absolute Gasteiger partial charge is 0.148 e. The summed E-state index contributed by atoms with van der Waals surface area (Å²) < 4.78 is 5.82. The fraction of sp³-hybridized carbons (Fsp3) is 0.923. The molecule has 0 aromatic heterocycles. The maximum absolute atomic E-state index is 10.8. The Labute approximate surface area is 93.4 Å². The molecule has 2 atom stereocenters. The summed E-state index contributed by atoms with van der Waals surface area (Å²) in [5, 5.41) is 0. The van der Waals surface area contributed by atoms with Crippen LogP contribution in [0, 0.1) is 0 Å². The van der Waals surface area contributed by atoms with Crippen LogP contribution in [0.1, 0.15) is 64.7 Å². The molecule has 2 nitrogen and oxygen atoms in total. The second kappa shape index (κ2) is 7.86. The van der Waals surface area contributed by atoms with Gasteiger partial charge < -0.3 is 9.53 Å². The van der Waals surface area contributed by atoms with Gasteiger partial charge in [0.25, 0.3) is 0 Å². The highest BCUT2D eigenvalue weighted by Crippen LogP contribution is 2.20. The van der Waals surface area contributed by atoms with E-state index in [1.807, 2.05) is 0 Å². The lowest BCUT2D eigenvalue weighted by atomic mass is 10.0. The highest BCUT2D eigenvalue weighted by atomic mass is 16.5. The number of unbranched alkanes of at least 4 members (excludes halogenated alkanes) is 2. The van der Waals surface area contributed by atoms with Crippen molar-refractivity contribution >= 4 is 6.29 Å². The molecule has 0 radical (unpaired) electrons. The number of ether oxygens (including phenoxy) is 1. The predicted molar refractivity (Wildman–Crippen MR) is 62.0 cm³/mol. The summed E-state index contributed by atoms with van der Waals surface area (Å²) >= 11 is 0. The van der Waals surface area contributed by atoms with Gasteiger partial charge in [-0.15, -0.1) is 0 Å². The van der Waals surface area contributed by atoms with Crippen molar-refractivity contribution in [2.45, 2.75) is 76.9 Å². The molecule has 0 amide bonds. The summed E-state index contributed by atoms with van der Waals surface area (Å²) in [5.41, 5.74) is 0. The average Bonchev–Trinajstić information content (AvgIpc) is 2.21. The molecule has 0 N–H and O–H groups in total. The van der Waals surface area contributed by atoms with Crippen LogP contribution in [0.2, 0.25) is 0 Å². The standard InChI is InChI=1S/C13H24O2/c1-2-3-5-8-12-9-6-4-7-10-13(11-14)15-12/h11-13H,2-10H2,1H3. The van der Waals surface area contributed by atoms with Gasteiger partial charge in [0, 0.05) is 0 Å². The fourth-order valence-electron chi connectivity index (χ4n) is 2.21. The molecule has 0 spiro atoms. The molecule has 2 unspecified atom stereocenters. The monoisotopic (exact) mass is 212 g/mol. The van der Waals surface area contributed by atoms with Gasteiger partial charge >= 0.3 is 0 Å². The third kappa shape index (κ3) is 5.31. The van der Waals surface area contributed by atoms with Crippen molar-refractivity contribution in [3.63, 3.8) is 0 Å². The van der Waals surface area contributed by atoms with Gasteiger partial charge in [-0.3, -0.25) is 0 Å². The summed E-state index contributed by atoms with van der Waals surface area (Å²) in [4.78, 5) is 10.8. The van der Waals surface area contributed by atoms with Crippen LogP contribution in [0.25, 0.3) is 0 Å². The number of carbonyl (C=O) groups excluding carboxylic acids is 1. The molecule has 1 rings (SSSR count). The van der Waals surface area contributed by atoms with Crippen molar-refractivity contribution in [3.8, 4) is 0 Å². The van der Waals surface area contributed by atoms with Crippen LogP contribution in [-0.2, 0) is 9.53 Å². The zero-order valence-corrected chi connectivity index (χ0v) is 9.91. The van der Waals surface area contributed by atoms with Crippen molar-refractivity contribution in [2.24, 2.45) is 0 Å². The average molecular weight is 212 g/mol. The Morgan fingerprint density at radius 1 is 1.20 bits per heavy atom. The van der Waals surface area contributed by atoms with Crippen molar-refractivity contribution in [1.29, 1.82) is 0 Å². The van der Waals surface area contributed by atoms with Crippen LogP contribution >= 0.6 is 0 Å². The van der Waals surface area contributed by atoms with Gasteiger partial charge in [-0.2, -0.15) is 0 Å². The molecular weight excluding hydrogens is 188 g/mol. The Bertz CT molecular complexity index is 168. The van der Waals surface area contributed by atoms with Crippen LogP contribution < -0.4 is 0 Å². The van der Waals surface area contributed by atoms with E-state index in [1.54, 1.807) is 0 Å². The minimum atomic E-state index is -0.128. The highest BCUT2D eigenvalue weighted by molar-refractivity contribution is 5.55. The van der Waals surface area contributed by atoms with E-state index in [9.17, 15) is 4.79 Å². The lowest BCUT2D eigenvalue weighted by molar-refractivity contribution is -0.124. The maximum atomic E-state index is 10.8. The van der Waals surface area contributed by atoms with E-state index in [0.29, 0.717) is 6.10 Å². The normalized spacial score (nSPS) is 28.1. The Morgan fingerprint density at radius 2 is 2.00 bits per heavy atom. The Morgan fingerprint density at radius 3 is 2.73 bits per heavy atom. The minimum Gasteiger partial charge on any atom is -0.368 e. The number of aldehydes is 1. The van der Waals surface area contributed by atoms with Crippen molar-refractivity contribution in [3.05, 3.63) is 0 Å². The molecule has 0 bridgehead atoms. The largest absolute Gasteiger partial charge is 0.368 e. The third-order valence-electron chi connectivity index (χ3n) is 3.16. The van der Waals surface area contributed by atoms with E-state index in [0.717, 1.165) is 32.0 Å². The van der Waals surface area contributed by atoms with E-state index in [1.165, 1.54) is 32.1 Å². The topological polar surface area (TPSA) is 26.3 Å². The SMILES string of the molecule is CCCCCC1CCCCCC(C=O)O1. The van der Waals surface area contributed by atoms with Gasteiger partial charge in [0.1, 0.15) is 12.4 Å². The van der Waals surface area contributed by atoms with E-state index >= 15 is 0 Å².